The number of thiophene rings is 1. The zero-order chi connectivity index (χ0) is 14.4. The highest BCUT2D eigenvalue weighted by Crippen LogP contribution is 2.41. The van der Waals surface area contributed by atoms with E-state index in [1.807, 2.05) is 6.92 Å². The molecule has 106 valence electrons. The number of ether oxygens (including phenoxy) is 1. The molecule has 2 aromatic heterocycles. The van der Waals surface area contributed by atoms with Crippen LogP contribution >= 0.6 is 11.3 Å². The Hall–Kier alpha value is -2.01. The second-order valence-corrected chi connectivity index (χ2v) is 6.23. The third-order valence-corrected chi connectivity index (χ3v) is 4.87. The average molecular weight is 300 g/mol. The van der Waals surface area contributed by atoms with Gasteiger partial charge >= 0.3 is 0 Å². The number of fused-ring (bicyclic) bond motifs is 3. The van der Waals surface area contributed by atoms with Crippen LogP contribution in [-0.4, -0.2) is 9.97 Å². The zero-order valence-electron chi connectivity index (χ0n) is 11.5. The maximum absolute atomic E-state index is 13.8. The number of rotatable bonds is 2. The van der Waals surface area contributed by atoms with Crippen molar-refractivity contribution in [2.45, 2.75) is 26.2 Å². The molecule has 3 aromatic rings. The first-order valence-corrected chi connectivity index (χ1v) is 7.75. The highest BCUT2D eigenvalue weighted by molar-refractivity contribution is 7.19. The van der Waals surface area contributed by atoms with Crippen LogP contribution in [0.25, 0.3) is 10.2 Å². The summed E-state index contributed by atoms with van der Waals surface area (Å²) in [5.74, 6) is 0.944. The molecule has 4 rings (SSSR count). The molecule has 3 nitrogen and oxygen atoms in total. The van der Waals surface area contributed by atoms with Crippen LogP contribution in [0.3, 0.4) is 0 Å². The van der Waals surface area contributed by atoms with Gasteiger partial charge in [-0.3, -0.25) is 0 Å². The monoisotopic (exact) mass is 300 g/mol. The van der Waals surface area contributed by atoms with Gasteiger partial charge in [0.25, 0.3) is 0 Å². The number of hydrogen-bond donors (Lipinski definition) is 0. The molecular formula is C16H13FN2OS. The van der Waals surface area contributed by atoms with Crippen molar-refractivity contribution < 1.29 is 9.13 Å². The van der Waals surface area contributed by atoms with Gasteiger partial charge in [0, 0.05) is 4.88 Å². The molecule has 0 saturated heterocycles. The van der Waals surface area contributed by atoms with Crippen LogP contribution in [0.15, 0.2) is 24.3 Å². The molecule has 0 fully saturated rings. The first-order chi connectivity index (χ1) is 10.2. The van der Waals surface area contributed by atoms with E-state index in [9.17, 15) is 4.39 Å². The average Bonchev–Trinajstić information content (AvgIpc) is 3.01. The summed E-state index contributed by atoms with van der Waals surface area (Å²) in [5, 5.41) is 0.960. The minimum absolute atomic E-state index is 0.204. The second kappa shape index (κ2) is 4.77. The first kappa shape index (κ1) is 12.7. The Morgan fingerprint density at radius 3 is 2.90 bits per heavy atom. The topological polar surface area (TPSA) is 35.0 Å². The SMILES string of the molecule is Cc1nc(Oc2ccccc2F)c2c3c(sc2n1)CCC3. The van der Waals surface area contributed by atoms with Crippen LogP contribution in [0.5, 0.6) is 11.6 Å². The Kier molecular flexibility index (Phi) is 2.89. The molecular weight excluding hydrogens is 287 g/mol. The van der Waals surface area contributed by atoms with Gasteiger partial charge in [0.2, 0.25) is 5.88 Å². The Balaban J connectivity index is 1.90. The maximum Gasteiger partial charge on any atom is 0.231 e. The number of hydrogen-bond acceptors (Lipinski definition) is 4. The standard InChI is InChI=1S/C16H13FN2OS/c1-9-18-15(20-12-7-3-2-6-11(12)17)14-10-5-4-8-13(10)21-16(14)19-9/h2-3,6-7H,4-5,8H2,1H3. The van der Waals surface area contributed by atoms with Crippen LogP contribution in [0.2, 0.25) is 0 Å². The maximum atomic E-state index is 13.8. The molecule has 0 saturated carbocycles. The van der Waals surface area contributed by atoms with Gasteiger partial charge in [-0.2, -0.15) is 4.98 Å². The number of aromatic nitrogens is 2. The van der Waals surface area contributed by atoms with Crippen molar-refractivity contribution in [2.24, 2.45) is 0 Å². The van der Waals surface area contributed by atoms with Gasteiger partial charge in [-0.25, -0.2) is 9.37 Å². The van der Waals surface area contributed by atoms with Crippen molar-refractivity contribution in [1.82, 2.24) is 9.97 Å². The third-order valence-electron chi connectivity index (χ3n) is 3.69. The molecule has 0 radical (unpaired) electrons. The third kappa shape index (κ3) is 2.08. The van der Waals surface area contributed by atoms with Gasteiger partial charge in [0.15, 0.2) is 11.6 Å². The summed E-state index contributed by atoms with van der Waals surface area (Å²) in [6.07, 6.45) is 3.27. The predicted octanol–water partition coefficient (Wildman–Crippen LogP) is 4.42. The van der Waals surface area contributed by atoms with E-state index in [0.29, 0.717) is 11.7 Å². The molecule has 2 heterocycles. The quantitative estimate of drug-likeness (QED) is 0.702. The lowest BCUT2D eigenvalue weighted by atomic mass is 10.2. The number of halogens is 1. The predicted molar refractivity (Wildman–Crippen MR) is 80.7 cm³/mol. The summed E-state index contributed by atoms with van der Waals surface area (Å²) in [7, 11) is 0. The Labute approximate surface area is 125 Å². The molecule has 0 N–H and O–H groups in total. The molecule has 5 heteroatoms. The van der Waals surface area contributed by atoms with Crippen molar-refractivity contribution >= 4 is 21.6 Å². The summed E-state index contributed by atoms with van der Waals surface area (Å²) in [5.41, 5.74) is 1.28. The first-order valence-electron chi connectivity index (χ1n) is 6.93. The Morgan fingerprint density at radius 1 is 1.19 bits per heavy atom. The fraction of sp³-hybridized carbons (Fsp3) is 0.250. The van der Waals surface area contributed by atoms with E-state index in [0.717, 1.165) is 29.5 Å². The van der Waals surface area contributed by atoms with E-state index >= 15 is 0 Å². The summed E-state index contributed by atoms with van der Waals surface area (Å²) in [6.45, 7) is 1.83. The molecule has 21 heavy (non-hydrogen) atoms. The minimum atomic E-state index is -0.381. The molecule has 1 aromatic carbocycles. The number of benzene rings is 1. The van der Waals surface area contributed by atoms with Crippen LogP contribution < -0.4 is 4.74 Å². The van der Waals surface area contributed by atoms with Gasteiger partial charge < -0.3 is 4.74 Å². The van der Waals surface area contributed by atoms with Gasteiger partial charge in [0.05, 0.1) is 5.39 Å². The van der Waals surface area contributed by atoms with E-state index in [2.05, 4.69) is 9.97 Å². The lowest BCUT2D eigenvalue weighted by Gasteiger charge is -2.08. The summed E-state index contributed by atoms with van der Waals surface area (Å²) < 4.78 is 19.6. The molecule has 0 bridgehead atoms. The minimum Gasteiger partial charge on any atom is -0.435 e. The molecule has 0 unspecified atom stereocenters. The van der Waals surface area contributed by atoms with Crippen molar-refractivity contribution in [1.29, 1.82) is 0 Å². The lowest BCUT2D eigenvalue weighted by Crippen LogP contribution is -1.96. The van der Waals surface area contributed by atoms with Crippen LogP contribution in [0.4, 0.5) is 4.39 Å². The molecule has 0 spiro atoms. The van der Waals surface area contributed by atoms with Gasteiger partial charge in [-0.15, -0.1) is 11.3 Å². The van der Waals surface area contributed by atoms with Crippen molar-refractivity contribution in [3.05, 3.63) is 46.3 Å². The lowest BCUT2D eigenvalue weighted by molar-refractivity contribution is 0.430. The second-order valence-electron chi connectivity index (χ2n) is 5.15. The Morgan fingerprint density at radius 2 is 2.05 bits per heavy atom. The summed E-state index contributed by atoms with van der Waals surface area (Å²) >= 11 is 1.70. The highest BCUT2D eigenvalue weighted by Gasteiger charge is 2.23. The van der Waals surface area contributed by atoms with Crippen molar-refractivity contribution in [3.8, 4) is 11.6 Å². The highest BCUT2D eigenvalue weighted by atomic mass is 32.1. The Bertz CT molecular complexity index is 844. The molecule has 0 amide bonds. The molecule has 1 aliphatic rings. The summed E-state index contributed by atoms with van der Waals surface area (Å²) in [4.78, 5) is 11.2. The van der Waals surface area contributed by atoms with Crippen LogP contribution in [-0.2, 0) is 12.8 Å². The molecule has 0 atom stereocenters. The number of nitrogens with zero attached hydrogens (tertiary/aromatic N) is 2. The van der Waals surface area contributed by atoms with E-state index in [1.165, 1.54) is 16.5 Å². The molecule has 1 aliphatic carbocycles. The van der Waals surface area contributed by atoms with Crippen LogP contribution in [0, 0.1) is 12.7 Å². The van der Waals surface area contributed by atoms with Gasteiger partial charge in [-0.1, -0.05) is 12.1 Å². The number of aryl methyl sites for hydroxylation is 3. The van der Waals surface area contributed by atoms with E-state index in [4.69, 9.17) is 4.74 Å². The van der Waals surface area contributed by atoms with E-state index in [-0.39, 0.29) is 11.6 Å². The normalized spacial score (nSPS) is 13.6. The fourth-order valence-electron chi connectivity index (χ4n) is 2.77. The zero-order valence-corrected chi connectivity index (χ0v) is 12.3. The molecule has 0 aliphatic heterocycles. The van der Waals surface area contributed by atoms with Crippen molar-refractivity contribution in [2.75, 3.05) is 0 Å². The fourth-order valence-corrected chi connectivity index (χ4v) is 4.07. The largest absolute Gasteiger partial charge is 0.435 e. The summed E-state index contributed by atoms with van der Waals surface area (Å²) in [6, 6.07) is 6.40. The van der Waals surface area contributed by atoms with E-state index < -0.39 is 0 Å². The van der Waals surface area contributed by atoms with Crippen molar-refractivity contribution in [3.63, 3.8) is 0 Å². The van der Waals surface area contributed by atoms with E-state index in [1.54, 1.807) is 29.5 Å². The smallest absolute Gasteiger partial charge is 0.231 e. The van der Waals surface area contributed by atoms with Crippen LogP contribution in [0.1, 0.15) is 22.7 Å². The van der Waals surface area contributed by atoms with Gasteiger partial charge in [-0.05, 0) is 43.9 Å². The number of para-hydroxylation sites is 1. The van der Waals surface area contributed by atoms with Gasteiger partial charge in [0.1, 0.15) is 10.7 Å².